The second-order valence-electron chi connectivity index (χ2n) is 9.91. The third-order valence-corrected chi connectivity index (χ3v) is 10.4. The van der Waals surface area contributed by atoms with E-state index in [1.807, 2.05) is 30.3 Å². The van der Waals surface area contributed by atoms with Crippen LogP contribution in [0.2, 0.25) is 0 Å². The molecule has 0 spiro atoms. The van der Waals surface area contributed by atoms with Gasteiger partial charge in [-0.05, 0) is 61.0 Å². The Labute approximate surface area is 263 Å². The highest BCUT2D eigenvalue weighted by Crippen LogP contribution is 2.53. The number of thiazole rings is 1. The van der Waals surface area contributed by atoms with Crippen LogP contribution in [0.25, 0.3) is 0 Å². The maximum Gasteiger partial charge on any atom is 0.338 e. The van der Waals surface area contributed by atoms with E-state index in [4.69, 9.17) is 4.74 Å². The van der Waals surface area contributed by atoms with Gasteiger partial charge in [-0.1, -0.05) is 69.4 Å². The van der Waals surface area contributed by atoms with E-state index in [0.717, 1.165) is 21.4 Å². The molecule has 2 aliphatic rings. The number of carbonyl (C=O) groups excluding carboxylic acids is 4. The molecule has 3 aromatic carbocycles. The number of para-hydroxylation sites is 1. The number of halogens is 1. The first-order valence-corrected chi connectivity index (χ1v) is 15.9. The summed E-state index contributed by atoms with van der Waals surface area (Å²) in [5.74, 6) is -2.84. The Morgan fingerprint density at radius 3 is 2.30 bits per heavy atom. The lowest BCUT2D eigenvalue weighted by Gasteiger charge is -2.30. The molecule has 9 nitrogen and oxygen atoms in total. The van der Waals surface area contributed by atoms with Crippen molar-refractivity contribution < 1.29 is 23.9 Å². The summed E-state index contributed by atoms with van der Waals surface area (Å²) in [6.07, 6.45) is 0. The van der Waals surface area contributed by atoms with Crippen molar-refractivity contribution in [1.82, 2.24) is 4.57 Å². The van der Waals surface area contributed by atoms with Gasteiger partial charge >= 0.3 is 10.8 Å². The number of aromatic nitrogens is 1. The van der Waals surface area contributed by atoms with E-state index >= 15 is 0 Å². The van der Waals surface area contributed by atoms with Crippen LogP contribution in [-0.4, -0.2) is 40.1 Å². The van der Waals surface area contributed by atoms with Crippen molar-refractivity contribution in [1.29, 1.82) is 0 Å². The highest BCUT2D eigenvalue weighted by molar-refractivity contribution is 9.10. The molecule has 4 aromatic rings. The highest BCUT2D eigenvalue weighted by Gasteiger charge is 2.56. The molecular weight excluding hydrogens is 654 g/mol. The van der Waals surface area contributed by atoms with Gasteiger partial charge in [-0.3, -0.25) is 23.7 Å². The monoisotopic (exact) mass is 677 g/mol. The fourth-order valence-corrected chi connectivity index (χ4v) is 8.40. The quantitative estimate of drug-likeness (QED) is 0.209. The van der Waals surface area contributed by atoms with Crippen molar-refractivity contribution in [2.75, 3.05) is 16.8 Å². The number of carbonyl (C=O) groups is 4. The molecule has 12 heteroatoms. The Bertz CT molecular complexity index is 1790. The molecule has 43 heavy (non-hydrogen) atoms. The molecule has 2 aliphatic heterocycles. The Kier molecular flexibility index (Phi) is 8.08. The van der Waals surface area contributed by atoms with Gasteiger partial charge in [-0.25, -0.2) is 9.69 Å². The number of benzene rings is 3. The topological polar surface area (TPSA) is 115 Å². The molecule has 0 bridgehead atoms. The summed E-state index contributed by atoms with van der Waals surface area (Å²) in [5.41, 5.74) is 2.10. The summed E-state index contributed by atoms with van der Waals surface area (Å²) in [6, 6.07) is 22.6. The number of thioether (sulfide) groups is 1. The minimum Gasteiger partial charge on any atom is -0.462 e. The number of ether oxygens (including phenoxy) is 1. The van der Waals surface area contributed by atoms with E-state index in [9.17, 15) is 24.0 Å². The molecule has 6 rings (SSSR count). The summed E-state index contributed by atoms with van der Waals surface area (Å²) >= 11 is 5.61. The number of nitrogens with one attached hydrogen (secondary N) is 1. The van der Waals surface area contributed by atoms with E-state index in [1.54, 1.807) is 55.5 Å². The molecule has 1 N–H and O–H groups in total. The molecule has 3 heterocycles. The maximum absolute atomic E-state index is 13.9. The first kappa shape index (κ1) is 29.1. The predicted molar refractivity (Wildman–Crippen MR) is 168 cm³/mol. The molecular formula is C31H24BrN3O6S2. The number of fused-ring (bicyclic) bond motifs is 2. The van der Waals surface area contributed by atoms with Gasteiger partial charge in [0.25, 0.3) is 0 Å². The first-order chi connectivity index (χ1) is 20.8. The van der Waals surface area contributed by atoms with Crippen LogP contribution in [-0.2, 0) is 25.7 Å². The van der Waals surface area contributed by atoms with Gasteiger partial charge in [-0.15, -0.1) is 0 Å². The second kappa shape index (κ2) is 11.9. The molecule has 0 aliphatic carbocycles. The Hall–Kier alpha value is -4.00. The van der Waals surface area contributed by atoms with Crippen LogP contribution in [0, 0.1) is 5.92 Å². The summed E-state index contributed by atoms with van der Waals surface area (Å²) in [4.78, 5) is 67.6. The summed E-state index contributed by atoms with van der Waals surface area (Å²) in [5, 5.41) is 2.50. The summed E-state index contributed by atoms with van der Waals surface area (Å²) in [6.45, 7) is 1.69. The van der Waals surface area contributed by atoms with Crippen molar-refractivity contribution in [3.63, 3.8) is 0 Å². The van der Waals surface area contributed by atoms with Gasteiger partial charge in [0.1, 0.15) is 11.8 Å². The zero-order valence-corrected chi connectivity index (χ0v) is 25.9. The molecule has 1 fully saturated rings. The van der Waals surface area contributed by atoms with Gasteiger partial charge < -0.3 is 10.1 Å². The van der Waals surface area contributed by atoms with E-state index in [1.165, 1.54) is 21.2 Å². The Morgan fingerprint density at radius 2 is 1.63 bits per heavy atom. The highest BCUT2D eigenvalue weighted by atomic mass is 79.9. The standard InChI is InChI=1S/C31H24BrN3O6S2/c1-2-41-30(39)18-10-14-20(15-11-18)33-22(36)16-34-29-26(43-31(34)40)23(17-8-12-19(32)13-9-17)24-25(42-29)28(38)35(27(24)37)21-6-4-3-5-7-21/h3-15,23-25H,2,16H2,1H3,(H,33,36)/t23-,24-,25+/m0/s1. The van der Waals surface area contributed by atoms with Gasteiger partial charge in [0, 0.05) is 21.0 Å². The van der Waals surface area contributed by atoms with E-state index in [-0.39, 0.29) is 29.8 Å². The van der Waals surface area contributed by atoms with Crippen molar-refractivity contribution in [2.45, 2.75) is 29.7 Å². The van der Waals surface area contributed by atoms with Gasteiger partial charge in [0.15, 0.2) is 0 Å². The average Bonchev–Trinajstić information content (AvgIpc) is 3.44. The molecule has 0 radical (unpaired) electrons. The Balaban J connectivity index is 1.33. The number of nitrogens with zero attached hydrogens (tertiary/aromatic N) is 2. The average molecular weight is 679 g/mol. The largest absolute Gasteiger partial charge is 0.462 e. The molecule has 3 amide bonds. The second-order valence-corrected chi connectivity index (χ2v) is 12.9. The van der Waals surface area contributed by atoms with Crippen LogP contribution in [0.1, 0.15) is 33.6 Å². The first-order valence-electron chi connectivity index (χ1n) is 13.4. The number of hydrogen-bond acceptors (Lipinski definition) is 8. The van der Waals surface area contributed by atoms with Crippen molar-refractivity contribution in [2.24, 2.45) is 5.92 Å². The zero-order valence-electron chi connectivity index (χ0n) is 22.7. The molecule has 218 valence electrons. The third kappa shape index (κ3) is 5.46. The zero-order chi connectivity index (χ0) is 30.2. The van der Waals surface area contributed by atoms with Gasteiger partial charge in [0.05, 0.1) is 28.8 Å². The van der Waals surface area contributed by atoms with Crippen molar-refractivity contribution in [3.05, 3.63) is 109 Å². The van der Waals surface area contributed by atoms with Crippen LogP contribution < -0.4 is 15.1 Å². The lowest BCUT2D eigenvalue weighted by atomic mass is 9.83. The molecule has 1 saturated heterocycles. The SMILES string of the molecule is CCOC(=O)c1ccc(NC(=O)Cn2c3c(sc2=O)[C@@H](c2ccc(Br)cc2)[C@@H]2C(=O)N(c4ccccc4)C(=O)[C@@H]2S3)cc1. The Morgan fingerprint density at radius 1 is 0.930 bits per heavy atom. The molecule has 1 aromatic heterocycles. The number of amides is 3. The van der Waals surface area contributed by atoms with E-state index in [2.05, 4.69) is 21.2 Å². The number of imide groups is 1. The smallest absolute Gasteiger partial charge is 0.338 e. The van der Waals surface area contributed by atoms with Gasteiger partial charge in [0.2, 0.25) is 17.7 Å². The van der Waals surface area contributed by atoms with Crippen LogP contribution in [0.15, 0.2) is 93.2 Å². The molecule has 3 atom stereocenters. The number of anilines is 2. The van der Waals surface area contributed by atoms with Crippen molar-refractivity contribution in [3.8, 4) is 0 Å². The van der Waals surface area contributed by atoms with Crippen molar-refractivity contribution >= 4 is 74.1 Å². The molecule has 0 unspecified atom stereocenters. The molecule has 0 saturated carbocycles. The van der Waals surface area contributed by atoms with Gasteiger partial charge in [-0.2, -0.15) is 0 Å². The fourth-order valence-electron chi connectivity index (χ4n) is 5.36. The number of esters is 1. The summed E-state index contributed by atoms with van der Waals surface area (Å²) < 4.78 is 7.22. The maximum atomic E-state index is 13.9. The lowest BCUT2D eigenvalue weighted by Crippen LogP contribution is -2.33. The van der Waals surface area contributed by atoms with Crippen LogP contribution >= 0.6 is 39.0 Å². The third-order valence-electron chi connectivity index (χ3n) is 7.27. The van der Waals surface area contributed by atoms with E-state index < -0.39 is 29.0 Å². The summed E-state index contributed by atoms with van der Waals surface area (Å²) in [7, 11) is 0. The fraction of sp³-hybridized carbons (Fsp3) is 0.194. The number of rotatable bonds is 7. The van der Waals surface area contributed by atoms with E-state index in [0.29, 0.717) is 26.8 Å². The normalized spacial score (nSPS) is 19.1. The van der Waals surface area contributed by atoms with Crippen LogP contribution in [0.3, 0.4) is 0 Å². The van der Waals surface area contributed by atoms with Crippen LogP contribution in [0.5, 0.6) is 0 Å². The minimum atomic E-state index is -0.771. The predicted octanol–water partition coefficient (Wildman–Crippen LogP) is 5.28. The number of hydrogen-bond donors (Lipinski definition) is 1. The minimum absolute atomic E-state index is 0.253. The van der Waals surface area contributed by atoms with Crippen LogP contribution in [0.4, 0.5) is 11.4 Å². The lowest BCUT2D eigenvalue weighted by molar-refractivity contribution is -0.122.